The Hall–Kier alpha value is -2.28. The summed E-state index contributed by atoms with van der Waals surface area (Å²) in [7, 11) is 0. The van der Waals surface area contributed by atoms with Gasteiger partial charge in [0.1, 0.15) is 11.5 Å². The van der Waals surface area contributed by atoms with Crippen LogP contribution >= 0.6 is 11.6 Å². The fourth-order valence-electron chi connectivity index (χ4n) is 1.55. The van der Waals surface area contributed by atoms with Crippen molar-refractivity contribution in [2.24, 2.45) is 0 Å². The number of aromatic nitrogens is 1. The van der Waals surface area contributed by atoms with E-state index in [1.54, 1.807) is 0 Å². The number of carboxylic acid groups (broad SMARTS) is 1. The van der Waals surface area contributed by atoms with Crippen molar-refractivity contribution >= 4 is 17.6 Å². The van der Waals surface area contributed by atoms with Crippen LogP contribution in [0.3, 0.4) is 0 Å². The van der Waals surface area contributed by atoms with Crippen LogP contribution in [0.15, 0.2) is 36.7 Å². The Bertz CT molecular complexity index is 689. The number of pyridine rings is 1. The summed E-state index contributed by atoms with van der Waals surface area (Å²) in [4.78, 5) is 14.4. The standard InChI is InChI=1S/C13H7ClF3NO3/c14-8-4-9(6-18-5-8)21-11-2-1-7(12(19)20)3-10(11)13(15,16)17/h1-6H,(H,19,20). The molecule has 4 nitrogen and oxygen atoms in total. The van der Waals surface area contributed by atoms with Crippen LogP contribution < -0.4 is 4.74 Å². The molecule has 0 spiro atoms. The Morgan fingerprint density at radius 2 is 1.95 bits per heavy atom. The maximum Gasteiger partial charge on any atom is 0.420 e. The zero-order chi connectivity index (χ0) is 15.6. The third-order valence-corrected chi connectivity index (χ3v) is 2.65. The molecule has 2 aromatic rings. The first-order valence-corrected chi connectivity index (χ1v) is 5.88. The minimum absolute atomic E-state index is 0.0103. The van der Waals surface area contributed by atoms with Gasteiger partial charge in [0.15, 0.2) is 0 Å². The first kappa shape index (κ1) is 15.1. The van der Waals surface area contributed by atoms with Crippen molar-refractivity contribution in [3.8, 4) is 11.5 Å². The number of ether oxygens (including phenoxy) is 1. The lowest BCUT2D eigenvalue weighted by atomic mass is 10.1. The SMILES string of the molecule is O=C(O)c1ccc(Oc2cncc(Cl)c2)c(C(F)(F)F)c1. The molecule has 0 aliphatic carbocycles. The topological polar surface area (TPSA) is 59.4 Å². The number of nitrogens with zero attached hydrogens (tertiary/aromatic N) is 1. The van der Waals surface area contributed by atoms with Gasteiger partial charge in [0.25, 0.3) is 0 Å². The molecule has 1 N–H and O–H groups in total. The molecule has 0 radical (unpaired) electrons. The van der Waals surface area contributed by atoms with Gasteiger partial charge in [-0.15, -0.1) is 0 Å². The van der Waals surface area contributed by atoms with Crippen LogP contribution in [-0.2, 0) is 6.18 Å². The van der Waals surface area contributed by atoms with E-state index in [1.807, 2.05) is 0 Å². The maximum absolute atomic E-state index is 13.0. The molecule has 8 heteroatoms. The Kier molecular flexibility index (Phi) is 4.04. The predicted molar refractivity (Wildman–Crippen MR) is 67.7 cm³/mol. The van der Waals surface area contributed by atoms with Crippen LogP contribution in [-0.4, -0.2) is 16.1 Å². The number of benzene rings is 1. The predicted octanol–water partition coefficient (Wildman–Crippen LogP) is 4.24. The van der Waals surface area contributed by atoms with Gasteiger partial charge in [-0.3, -0.25) is 4.98 Å². The van der Waals surface area contributed by atoms with Gasteiger partial charge in [0, 0.05) is 12.3 Å². The molecule has 0 amide bonds. The fraction of sp³-hybridized carbons (Fsp3) is 0.0769. The summed E-state index contributed by atoms with van der Waals surface area (Å²) in [5, 5.41) is 8.95. The third-order valence-electron chi connectivity index (χ3n) is 2.44. The smallest absolute Gasteiger partial charge is 0.420 e. The van der Waals surface area contributed by atoms with E-state index in [2.05, 4.69) is 4.98 Å². The zero-order valence-corrected chi connectivity index (χ0v) is 10.9. The molecule has 0 saturated carbocycles. The summed E-state index contributed by atoms with van der Waals surface area (Å²) in [6.07, 6.45) is -2.27. The fourth-order valence-corrected chi connectivity index (χ4v) is 1.71. The van der Waals surface area contributed by atoms with Gasteiger partial charge < -0.3 is 9.84 Å². The summed E-state index contributed by atoms with van der Waals surface area (Å²) >= 11 is 5.67. The Morgan fingerprint density at radius 1 is 1.24 bits per heavy atom. The largest absolute Gasteiger partial charge is 0.478 e. The molecular formula is C13H7ClF3NO3. The molecule has 0 saturated heterocycles. The molecule has 0 aliphatic heterocycles. The summed E-state index contributed by atoms with van der Waals surface area (Å²) in [5.74, 6) is -1.98. The molecule has 1 aromatic carbocycles. The number of carbonyl (C=O) groups is 1. The zero-order valence-electron chi connectivity index (χ0n) is 10.2. The molecule has 110 valence electrons. The lowest BCUT2D eigenvalue weighted by Crippen LogP contribution is -2.09. The number of aromatic carboxylic acids is 1. The van der Waals surface area contributed by atoms with Crippen molar-refractivity contribution in [3.63, 3.8) is 0 Å². The Labute approximate surface area is 121 Å². The van der Waals surface area contributed by atoms with E-state index in [1.165, 1.54) is 18.5 Å². The van der Waals surface area contributed by atoms with Gasteiger partial charge in [0.05, 0.1) is 22.3 Å². The monoisotopic (exact) mass is 317 g/mol. The maximum atomic E-state index is 13.0. The quantitative estimate of drug-likeness (QED) is 0.919. The summed E-state index contributed by atoms with van der Waals surface area (Å²) in [5.41, 5.74) is -1.68. The first-order chi connectivity index (χ1) is 9.77. The highest BCUT2D eigenvalue weighted by atomic mass is 35.5. The number of rotatable bonds is 3. The number of carboxylic acids is 1. The van der Waals surface area contributed by atoms with Crippen molar-refractivity contribution in [2.45, 2.75) is 6.18 Å². The number of hydrogen-bond donors (Lipinski definition) is 1. The van der Waals surface area contributed by atoms with Crippen LogP contribution in [0.4, 0.5) is 13.2 Å². The molecule has 0 aliphatic rings. The highest BCUT2D eigenvalue weighted by Crippen LogP contribution is 2.38. The van der Waals surface area contributed by atoms with Crippen LogP contribution in [0.5, 0.6) is 11.5 Å². The third kappa shape index (κ3) is 3.63. The van der Waals surface area contributed by atoms with Gasteiger partial charge in [0.2, 0.25) is 0 Å². The summed E-state index contributed by atoms with van der Waals surface area (Å²) in [6.45, 7) is 0. The number of alkyl halides is 3. The van der Waals surface area contributed by atoms with E-state index in [0.717, 1.165) is 12.1 Å². The first-order valence-electron chi connectivity index (χ1n) is 5.50. The summed E-state index contributed by atoms with van der Waals surface area (Å²) in [6, 6.07) is 3.76. The minimum atomic E-state index is -4.76. The van der Waals surface area contributed by atoms with Crippen molar-refractivity contribution in [3.05, 3.63) is 52.8 Å². The second kappa shape index (κ2) is 5.61. The minimum Gasteiger partial charge on any atom is -0.478 e. The normalized spacial score (nSPS) is 11.2. The Morgan fingerprint density at radius 3 is 2.52 bits per heavy atom. The lowest BCUT2D eigenvalue weighted by molar-refractivity contribution is -0.138. The average Bonchev–Trinajstić information content (AvgIpc) is 2.37. The molecular weight excluding hydrogens is 311 g/mol. The molecule has 1 heterocycles. The average molecular weight is 318 g/mol. The highest BCUT2D eigenvalue weighted by molar-refractivity contribution is 6.30. The van der Waals surface area contributed by atoms with Crippen molar-refractivity contribution in [1.82, 2.24) is 4.98 Å². The second-order valence-electron chi connectivity index (χ2n) is 3.95. The molecule has 0 unspecified atom stereocenters. The molecule has 0 bridgehead atoms. The highest BCUT2D eigenvalue weighted by Gasteiger charge is 2.35. The van der Waals surface area contributed by atoms with Crippen LogP contribution in [0.25, 0.3) is 0 Å². The number of halogens is 4. The van der Waals surface area contributed by atoms with Gasteiger partial charge in [-0.1, -0.05) is 11.6 Å². The van der Waals surface area contributed by atoms with Gasteiger partial charge in [-0.25, -0.2) is 4.79 Å². The van der Waals surface area contributed by atoms with Crippen LogP contribution in [0, 0.1) is 0 Å². The Balaban J connectivity index is 2.45. The second-order valence-corrected chi connectivity index (χ2v) is 4.39. The van der Waals surface area contributed by atoms with E-state index in [0.29, 0.717) is 6.07 Å². The number of hydrogen-bond acceptors (Lipinski definition) is 3. The van der Waals surface area contributed by atoms with E-state index < -0.39 is 29.0 Å². The van der Waals surface area contributed by atoms with E-state index in [-0.39, 0.29) is 10.8 Å². The lowest BCUT2D eigenvalue weighted by Gasteiger charge is -2.14. The molecule has 21 heavy (non-hydrogen) atoms. The van der Waals surface area contributed by atoms with Gasteiger partial charge >= 0.3 is 12.1 Å². The van der Waals surface area contributed by atoms with Gasteiger partial charge in [-0.05, 0) is 18.2 Å². The van der Waals surface area contributed by atoms with Gasteiger partial charge in [-0.2, -0.15) is 13.2 Å². The van der Waals surface area contributed by atoms with Crippen LogP contribution in [0.2, 0.25) is 5.02 Å². The molecule has 2 rings (SSSR count). The molecule has 0 atom stereocenters. The van der Waals surface area contributed by atoms with Crippen LogP contribution in [0.1, 0.15) is 15.9 Å². The van der Waals surface area contributed by atoms with E-state index in [4.69, 9.17) is 21.4 Å². The van der Waals surface area contributed by atoms with Crippen molar-refractivity contribution in [1.29, 1.82) is 0 Å². The molecule has 1 aromatic heterocycles. The molecule has 0 fully saturated rings. The summed E-state index contributed by atoms with van der Waals surface area (Å²) < 4.78 is 44.0. The van der Waals surface area contributed by atoms with E-state index >= 15 is 0 Å². The van der Waals surface area contributed by atoms with E-state index in [9.17, 15) is 18.0 Å². The van der Waals surface area contributed by atoms with Crippen molar-refractivity contribution in [2.75, 3.05) is 0 Å². The van der Waals surface area contributed by atoms with Crippen molar-refractivity contribution < 1.29 is 27.8 Å².